The molecule has 1 saturated carbocycles. The molecule has 0 amide bonds. The van der Waals surface area contributed by atoms with Crippen molar-refractivity contribution in [3.05, 3.63) is 65.5 Å². The fraction of sp³-hybridized carbons (Fsp3) is 0.440. The molecule has 0 aromatic heterocycles. The van der Waals surface area contributed by atoms with Gasteiger partial charge in [-0.05, 0) is 48.4 Å². The van der Waals surface area contributed by atoms with Gasteiger partial charge >= 0.3 is 0 Å². The van der Waals surface area contributed by atoms with Crippen molar-refractivity contribution >= 4 is 5.78 Å². The molecule has 2 aromatic rings. The van der Waals surface area contributed by atoms with Crippen molar-refractivity contribution in [2.24, 2.45) is 17.8 Å². The van der Waals surface area contributed by atoms with Gasteiger partial charge in [0, 0.05) is 30.9 Å². The number of halogens is 1. The molecular weight excluding hydrogens is 395 g/mol. The first kappa shape index (κ1) is 21.5. The average Bonchev–Trinajstić information content (AvgIpc) is 3.20. The molecule has 31 heavy (non-hydrogen) atoms. The monoisotopic (exact) mass is 422 g/mol. The van der Waals surface area contributed by atoms with E-state index < -0.39 is 11.6 Å². The van der Waals surface area contributed by atoms with Gasteiger partial charge in [-0.3, -0.25) is 4.79 Å². The molecule has 1 aliphatic heterocycles. The number of nitrogens with zero attached hydrogens (tertiary/aromatic N) is 1. The number of Topliss-reactive ketones (excluding diaryl/α,β-unsaturated/α-hetero) is 1. The minimum Gasteiger partial charge on any atom is -0.496 e. The molecule has 4 rings (SSSR count). The Balaban J connectivity index is 1.63. The molecule has 6 heteroatoms. The first-order valence-corrected chi connectivity index (χ1v) is 10.7. The maximum absolute atomic E-state index is 13.2. The second-order valence-electron chi connectivity index (χ2n) is 8.72. The topological polar surface area (TPSA) is 82.3 Å². The van der Waals surface area contributed by atoms with Gasteiger partial charge in [0.2, 0.25) is 0 Å². The number of hydrogen-bond donors (Lipinski definition) is 2. The highest BCUT2D eigenvalue weighted by atomic mass is 19.1. The van der Waals surface area contributed by atoms with Crippen LogP contribution in [0.25, 0.3) is 0 Å². The van der Waals surface area contributed by atoms with Crippen LogP contribution < -0.4 is 10.1 Å². The van der Waals surface area contributed by atoms with Crippen molar-refractivity contribution < 1.29 is 19.0 Å². The van der Waals surface area contributed by atoms with E-state index in [-0.39, 0.29) is 35.8 Å². The highest BCUT2D eigenvalue weighted by Gasteiger charge is 2.55. The van der Waals surface area contributed by atoms with Gasteiger partial charge in [-0.2, -0.15) is 5.26 Å². The van der Waals surface area contributed by atoms with Crippen LogP contribution in [-0.2, 0) is 16.8 Å². The summed E-state index contributed by atoms with van der Waals surface area (Å²) in [5, 5.41) is 24.6. The zero-order valence-corrected chi connectivity index (χ0v) is 17.6. The van der Waals surface area contributed by atoms with E-state index in [9.17, 15) is 19.6 Å². The second-order valence-corrected chi connectivity index (χ2v) is 8.72. The van der Waals surface area contributed by atoms with Gasteiger partial charge < -0.3 is 15.2 Å². The zero-order valence-electron chi connectivity index (χ0n) is 17.6. The first-order chi connectivity index (χ1) is 15.0. The van der Waals surface area contributed by atoms with Crippen LogP contribution in [0.1, 0.15) is 30.4 Å². The Morgan fingerprint density at radius 1 is 1.29 bits per heavy atom. The summed E-state index contributed by atoms with van der Waals surface area (Å²) < 4.78 is 18.7. The van der Waals surface area contributed by atoms with Crippen molar-refractivity contribution in [3.63, 3.8) is 0 Å². The van der Waals surface area contributed by atoms with Crippen LogP contribution in [0.15, 0.2) is 48.5 Å². The van der Waals surface area contributed by atoms with Crippen LogP contribution in [0.3, 0.4) is 0 Å². The summed E-state index contributed by atoms with van der Waals surface area (Å²) in [6.07, 6.45) is 1.71. The number of para-hydroxylation sites is 1. The van der Waals surface area contributed by atoms with Crippen LogP contribution in [0.5, 0.6) is 5.75 Å². The first-order valence-electron chi connectivity index (χ1n) is 10.7. The number of fused-ring (bicyclic) bond motifs is 1. The molecule has 5 atom stereocenters. The van der Waals surface area contributed by atoms with Crippen LogP contribution in [0, 0.1) is 34.9 Å². The summed E-state index contributed by atoms with van der Waals surface area (Å²) in [4.78, 5) is 13.2. The van der Waals surface area contributed by atoms with Crippen molar-refractivity contribution in [1.82, 2.24) is 5.32 Å². The quantitative estimate of drug-likeness (QED) is 0.746. The third-order valence-corrected chi connectivity index (χ3v) is 6.91. The Bertz CT molecular complexity index is 987. The van der Waals surface area contributed by atoms with Gasteiger partial charge in [-0.15, -0.1) is 0 Å². The summed E-state index contributed by atoms with van der Waals surface area (Å²) in [5.41, 5.74) is 0.291. The second kappa shape index (κ2) is 8.78. The van der Waals surface area contributed by atoms with E-state index in [1.165, 1.54) is 12.1 Å². The smallest absolute Gasteiger partial charge is 0.154 e. The molecule has 1 saturated heterocycles. The van der Waals surface area contributed by atoms with Crippen LogP contribution in [-0.4, -0.2) is 30.6 Å². The summed E-state index contributed by atoms with van der Waals surface area (Å²) in [5.74, 6) is 0.0448. The molecule has 5 nitrogen and oxygen atoms in total. The molecule has 0 spiro atoms. The molecular formula is C25H27FN2O3. The lowest BCUT2D eigenvalue weighted by molar-refractivity contribution is -0.124. The lowest BCUT2D eigenvalue weighted by Gasteiger charge is -2.46. The molecule has 2 aromatic carbocycles. The van der Waals surface area contributed by atoms with Crippen LogP contribution >= 0.6 is 0 Å². The predicted molar refractivity (Wildman–Crippen MR) is 114 cm³/mol. The van der Waals surface area contributed by atoms with E-state index >= 15 is 0 Å². The molecule has 1 aliphatic carbocycles. The fourth-order valence-corrected chi connectivity index (χ4v) is 5.53. The molecule has 1 unspecified atom stereocenters. The Kier molecular flexibility index (Phi) is 6.08. The Hall–Kier alpha value is -2.75. The maximum atomic E-state index is 13.2. The highest BCUT2D eigenvalue weighted by Crippen LogP contribution is 2.52. The standard InChI is InChI=1S/C25H27FN2O3/c1-31-23-5-3-2-4-20(23)25(30)14-17(10-11-27)12-19-21(25)15-28-24(19)22(29)13-16-6-8-18(26)9-7-16/h2-9,17,19,21,24,28,30H,10,12-15H2,1H3/t17-,19-,21-,24?,25-/m1/s1. The number of methoxy groups -OCH3 is 1. The summed E-state index contributed by atoms with van der Waals surface area (Å²) in [6.45, 7) is 0.512. The number of hydrogen-bond acceptors (Lipinski definition) is 5. The van der Waals surface area contributed by atoms with E-state index in [1.807, 2.05) is 24.3 Å². The number of carbonyl (C=O) groups excluding carboxylic acids is 1. The molecule has 0 bridgehead atoms. The maximum Gasteiger partial charge on any atom is 0.154 e. The average molecular weight is 423 g/mol. The number of aliphatic hydroxyl groups is 1. The van der Waals surface area contributed by atoms with Gasteiger partial charge in [0.25, 0.3) is 0 Å². The Morgan fingerprint density at radius 2 is 2.03 bits per heavy atom. The SMILES string of the molecule is COc1ccccc1[C@]1(O)C[C@H](CC#N)C[C@H]2C(C(=O)Cc3ccc(F)cc3)NC[C@H]21. The van der Waals surface area contributed by atoms with Gasteiger partial charge in [0.05, 0.1) is 24.8 Å². The number of ketones is 1. The largest absolute Gasteiger partial charge is 0.496 e. The number of rotatable bonds is 6. The third-order valence-electron chi connectivity index (χ3n) is 6.91. The molecule has 2 N–H and O–H groups in total. The van der Waals surface area contributed by atoms with Gasteiger partial charge in [-0.1, -0.05) is 30.3 Å². The summed E-state index contributed by atoms with van der Waals surface area (Å²) in [7, 11) is 1.58. The minimum absolute atomic E-state index is 0.0119. The van der Waals surface area contributed by atoms with Crippen LogP contribution in [0.2, 0.25) is 0 Å². The van der Waals surface area contributed by atoms with Gasteiger partial charge in [-0.25, -0.2) is 4.39 Å². The summed E-state index contributed by atoms with van der Waals surface area (Å²) in [6, 6.07) is 15.2. The van der Waals surface area contributed by atoms with Gasteiger partial charge in [0.1, 0.15) is 11.6 Å². The third kappa shape index (κ3) is 4.08. The van der Waals surface area contributed by atoms with Gasteiger partial charge in [0.15, 0.2) is 5.78 Å². The highest BCUT2D eigenvalue weighted by molar-refractivity contribution is 5.87. The number of carbonyl (C=O) groups is 1. The number of ether oxygens (including phenoxy) is 1. The van der Waals surface area contributed by atoms with E-state index in [0.717, 1.165) is 5.56 Å². The van der Waals surface area contributed by atoms with Crippen LogP contribution in [0.4, 0.5) is 4.39 Å². The van der Waals surface area contributed by atoms with Crippen molar-refractivity contribution in [2.75, 3.05) is 13.7 Å². The predicted octanol–water partition coefficient (Wildman–Crippen LogP) is 3.36. The van der Waals surface area contributed by atoms with E-state index in [1.54, 1.807) is 19.2 Å². The molecule has 162 valence electrons. The number of nitriles is 1. The number of nitrogens with one attached hydrogen (secondary N) is 1. The van der Waals surface area contributed by atoms with E-state index in [2.05, 4.69) is 11.4 Å². The van der Waals surface area contributed by atoms with Crippen molar-refractivity contribution in [3.8, 4) is 11.8 Å². The molecule has 1 heterocycles. The van der Waals surface area contributed by atoms with Crippen molar-refractivity contribution in [1.29, 1.82) is 5.26 Å². The van der Waals surface area contributed by atoms with E-state index in [0.29, 0.717) is 37.1 Å². The Labute approximate surface area is 181 Å². The molecule has 2 fully saturated rings. The molecule has 0 radical (unpaired) electrons. The van der Waals surface area contributed by atoms with E-state index in [4.69, 9.17) is 4.74 Å². The summed E-state index contributed by atoms with van der Waals surface area (Å²) >= 11 is 0. The normalized spacial score (nSPS) is 29.7. The Morgan fingerprint density at radius 3 is 2.74 bits per heavy atom. The fourth-order valence-electron chi connectivity index (χ4n) is 5.53. The minimum atomic E-state index is -1.19. The lowest BCUT2D eigenvalue weighted by atomic mass is 9.61. The molecule has 2 aliphatic rings. The number of benzene rings is 2. The lowest BCUT2D eigenvalue weighted by Crippen LogP contribution is -2.48. The zero-order chi connectivity index (χ0) is 22.0. The van der Waals surface area contributed by atoms with Crippen molar-refractivity contribution in [2.45, 2.75) is 37.3 Å².